The standard InChI is InChI=1S/C17H25N/c1-3-4-5-6-7-8-9-16-13-15-12-14(2)10-11-17(15)18-16/h10-13,18H,3-9H2,1-2H3. The Bertz CT molecular complexity index is 481. The lowest BCUT2D eigenvalue weighted by Gasteiger charge is -1.99. The third-order valence-corrected chi connectivity index (χ3v) is 3.63. The number of aromatic amines is 1. The zero-order valence-corrected chi connectivity index (χ0v) is 11.8. The Kier molecular flexibility index (Phi) is 4.86. The summed E-state index contributed by atoms with van der Waals surface area (Å²) in [4.78, 5) is 3.52. The minimum absolute atomic E-state index is 1.19. The van der Waals surface area contributed by atoms with Crippen LogP contribution in [0.2, 0.25) is 0 Å². The zero-order valence-electron chi connectivity index (χ0n) is 11.8. The summed E-state index contributed by atoms with van der Waals surface area (Å²) in [5.41, 5.74) is 4.01. The van der Waals surface area contributed by atoms with Crippen molar-refractivity contribution in [1.29, 1.82) is 0 Å². The summed E-state index contributed by atoms with van der Waals surface area (Å²) in [6.07, 6.45) is 9.41. The van der Waals surface area contributed by atoms with Crippen LogP contribution in [0.15, 0.2) is 24.3 Å². The molecule has 0 saturated carbocycles. The number of aryl methyl sites for hydroxylation is 2. The summed E-state index contributed by atoms with van der Waals surface area (Å²) >= 11 is 0. The third-order valence-electron chi connectivity index (χ3n) is 3.63. The van der Waals surface area contributed by atoms with E-state index in [1.165, 1.54) is 67.1 Å². The molecule has 0 unspecified atom stereocenters. The molecule has 1 heteroatoms. The van der Waals surface area contributed by atoms with E-state index in [9.17, 15) is 0 Å². The maximum absolute atomic E-state index is 3.52. The molecule has 0 aliphatic rings. The summed E-state index contributed by atoms with van der Waals surface area (Å²) in [6, 6.07) is 8.94. The van der Waals surface area contributed by atoms with E-state index in [0.29, 0.717) is 0 Å². The van der Waals surface area contributed by atoms with Crippen LogP contribution in [0.3, 0.4) is 0 Å². The smallest absolute Gasteiger partial charge is 0.0456 e. The molecular formula is C17H25N. The van der Waals surface area contributed by atoms with Crippen LogP contribution in [0.5, 0.6) is 0 Å². The number of H-pyrrole nitrogens is 1. The Morgan fingerprint density at radius 1 is 0.944 bits per heavy atom. The second-order valence-electron chi connectivity index (χ2n) is 5.40. The van der Waals surface area contributed by atoms with E-state index in [2.05, 4.69) is 43.1 Å². The quantitative estimate of drug-likeness (QED) is 0.628. The highest BCUT2D eigenvalue weighted by Gasteiger charge is 2.00. The van der Waals surface area contributed by atoms with E-state index < -0.39 is 0 Å². The van der Waals surface area contributed by atoms with Gasteiger partial charge >= 0.3 is 0 Å². The Morgan fingerprint density at radius 3 is 2.56 bits per heavy atom. The number of unbranched alkanes of at least 4 members (excludes halogenated alkanes) is 5. The van der Waals surface area contributed by atoms with E-state index in [4.69, 9.17) is 0 Å². The summed E-state index contributed by atoms with van der Waals surface area (Å²) in [6.45, 7) is 4.42. The van der Waals surface area contributed by atoms with Gasteiger partial charge in [-0.3, -0.25) is 0 Å². The fourth-order valence-electron chi connectivity index (χ4n) is 2.54. The largest absolute Gasteiger partial charge is 0.358 e. The number of fused-ring (bicyclic) bond motifs is 1. The van der Waals surface area contributed by atoms with Gasteiger partial charge in [-0.25, -0.2) is 0 Å². The molecule has 98 valence electrons. The Hall–Kier alpha value is -1.24. The predicted molar refractivity (Wildman–Crippen MR) is 80.1 cm³/mol. The van der Waals surface area contributed by atoms with Gasteiger partial charge in [-0.1, -0.05) is 50.7 Å². The number of benzene rings is 1. The molecule has 1 aromatic heterocycles. The first-order valence-corrected chi connectivity index (χ1v) is 7.38. The van der Waals surface area contributed by atoms with Crippen LogP contribution < -0.4 is 0 Å². The summed E-state index contributed by atoms with van der Waals surface area (Å²) in [5, 5.41) is 1.36. The van der Waals surface area contributed by atoms with E-state index in [1.54, 1.807) is 0 Å². The van der Waals surface area contributed by atoms with Crippen molar-refractivity contribution in [2.24, 2.45) is 0 Å². The first kappa shape index (κ1) is 13.2. The molecule has 0 spiro atoms. The fourth-order valence-corrected chi connectivity index (χ4v) is 2.54. The number of aromatic nitrogens is 1. The van der Waals surface area contributed by atoms with Gasteiger partial charge in [0.2, 0.25) is 0 Å². The third kappa shape index (κ3) is 3.63. The van der Waals surface area contributed by atoms with Gasteiger partial charge in [-0.2, -0.15) is 0 Å². The van der Waals surface area contributed by atoms with Crippen molar-refractivity contribution in [3.05, 3.63) is 35.5 Å². The molecule has 1 N–H and O–H groups in total. The summed E-state index contributed by atoms with van der Waals surface area (Å²) in [7, 11) is 0. The Morgan fingerprint density at radius 2 is 1.72 bits per heavy atom. The predicted octanol–water partition coefficient (Wildman–Crippen LogP) is 5.38. The van der Waals surface area contributed by atoms with Gasteiger partial charge < -0.3 is 4.98 Å². The van der Waals surface area contributed by atoms with Crippen molar-refractivity contribution in [2.45, 2.75) is 58.8 Å². The van der Waals surface area contributed by atoms with Crippen molar-refractivity contribution in [1.82, 2.24) is 4.98 Å². The highest BCUT2D eigenvalue weighted by Crippen LogP contribution is 2.18. The van der Waals surface area contributed by atoms with Crippen LogP contribution in [-0.4, -0.2) is 4.98 Å². The molecule has 0 fully saturated rings. The number of hydrogen-bond donors (Lipinski definition) is 1. The van der Waals surface area contributed by atoms with E-state index in [-0.39, 0.29) is 0 Å². The van der Waals surface area contributed by atoms with E-state index in [1.807, 2.05) is 0 Å². The maximum Gasteiger partial charge on any atom is 0.0456 e. The average Bonchev–Trinajstić information content (AvgIpc) is 2.75. The monoisotopic (exact) mass is 243 g/mol. The molecule has 2 aromatic rings. The van der Waals surface area contributed by atoms with Crippen LogP contribution in [0.25, 0.3) is 10.9 Å². The number of hydrogen-bond acceptors (Lipinski definition) is 0. The fraction of sp³-hybridized carbons (Fsp3) is 0.529. The van der Waals surface area contributed by atoms with Crippen molar-refractivity contribution >= 4 is 10.9 Å². The molecule has 0 atom stereocenters. The SMILES string of the molecule is CCCCCCCCc1cc2cc(C)ccc2[nH]1. The van der Waals surface area contributed by atoms with Gasteiger partial charge in [-0.15, -0.1) is 0 Å². The molecule has 2 rings (SSSR count). The first-order valence-electron chi connectivity index (χ1n) is 7.38. The lowest BCUT2D eigenvalue weighted by atomic mass is 10.1. The summed E-state index contributed by atoms with van der Waals surface area (Å²) in [5.74, 6) is 0. The molecular weight excluding hydrogens is 218 g/mol. The second-order valence-corrected chi connectivity index (χ2v) is 5.40. The number of rotatable bonds is 7. The Balaban J connectivity index is 1.81. The van der Waals surface area contributed by atoms with Crippen LogP contribution in [0, 0.1) is 6.92 Å². The van der Waals surface area contributed by atoms with Gasteiger partial charge in [0.15, 0.2) is 0 Å². The number of nitrogens with one attached hydrogen (secondary N) is 1. The molecule has 0 radical (unpaired) electrons. The zero-order chi connectivity index (χ0) is 12.8. The van der Waals surface area contributed by atoms with Crippen LogP contribution >= 0.6 is 0 Å². The minimum Gasteiger partial charge on any atom is -0.358 e. The van der Waals surface area contributed by atoms with Gasteiger partial charge in [0.1, 0.15) is 0 Å². The average molecular weight is 243 g/mol. The highest BCUT2D eigenvalue weighted by molar-refractivity contribution is 5.81. The topological polar surface area (TPSA) is 15.8 Å². The molecule has 0 saturated heterocycles. The van der Waals surface area contributed by atoms with E-state index in [0.717, 1.165) is 0 Å². The van der Waals surface area contributed by atoms with Crippen molar-refractivity contribution in [2.75, 3.05) is 0 Å². The molecule has 1 aromatic carbocycles. The molecule has 0 aliphatic heterocycles. The van der Waals surface area contributed by atoms with Crippen LogP contribution in [-0.2, 0) is 6.42 Å². The molecule has 0 amide bonds. The lowest BCUT2D eigenvalue weighted by molar-refractivity contribution is 0.605. The van der Waals surface area contributed by atoms with Crippen LogP contribution in [0.4, 0.5) is 0 Å². The van der Waals surface area contributed by atoms with Crippen LogP contribution in [0.1, 0.15) is 56.7 Å². The van der Waals surface area contributed by atoms with Crippen molar-refractivity contribution < 1.29 is 0 Å². The first-order chi connectivity index (χ1) is 8.79. The van der Waals surface area contributed by atoms with Gasteiger partial charge in [-0.05, 0) is 43.4 Å². The highest BCUT2D eigenvalue weighted by atomic mass is 14.7. The Labute approximate surface area is 111 Å². The van der Waals surface area contributed by atoms with Gasteiger partial charge in [0, 0.05) is 11.2 Å². The molecule has 1 heterocycles. The molecule has 1 nitrogen and oxygen atoms in total. The summed E-state index contributed by atoms with van der Waals surface area (Å²) < 4.78 is 0. The van der Waals surface area contributed by atoms with Crippen molar-refractivity contribution in [3.8, 4) is 0 Å². The maximum atomic E-state index is 3.52. The van der Waals surface area contributed by atoms with Gasteiger partial charge in [0.05, 0.1) is 0 Å². The minimum atomic E-state index is 1.19. The molecule has 0 bridgehead atoms. The lowest BCUT2D eigenvalue weighted by Crippen LogP contribution is -1.85. The molecule has 18 heavy (non-hydrogen) atoms. The normalized spacial score (nSPS) is 11.2. The van der Waals surface area contributed by atoms with Crippen molar-refractivity contribution in [3.63, 3.8) is 0 Å². The van der Waals surface area contributed by atoms with E-state index >= 15 is 0 Å². The molecule has 0 aliphatic carbocycles. The van der Waals surface area contributed by atoms with Gasteiger partial charge in [0.25, 0.3) is 0 Å². The second kappa shape index (κ2) is 6.63.